The normalized spacial score (nSPS) is 15.0. The molecule has 1 fully saturated rings. The molecular weight excluding hydrogens is 575 g/mol. The lowest BCUT2D eigenvalue weighted by Gasteiger charge is -2.26. The highest BCUT2D eigenvalue weighted by Gasteiger charge is 2.30. The van der Waals surface area contributed by atoms with Crippen molar-refractivity contribution in [3.8, 4) is 0 Å². The van der Waals surface area contributed by atoms with Crippen LogP contribution >= 0.6 is 11.8 Å². The highest BCUT2D eigenvalue weighted by molar-refractivity contribution is 7.99. The minimum Gasteiger partial charge on any atom is -0.465 e. The van der Waals surface area contributed by atoms with E-state index in [0.717, 1.165) is 0 Å². The number of rotatable bonds is 9. The Morgan fingerprint density at radius 1 is 0.875 bits per heavy atom. The number of hydrogen-bond donors (Lipinski definition) is 2. The predicted molar refractivity (Wildman–Crippen MR) is 156 cm³/mol. The molecule has 13 heteroatoms. The standard InChI is InChI=1S/C27H31N3O7S3/c1-19(31)37-18-27(2,3)26(32)28-20-10-12-21(13-11-20)29-39(33,34)24-8-4-7-23-22(24)6-5-9-25(23)40(35,36)30-14-16-38-17-15-30/h4-13,29H,14-18H2,1-3H3,(H,28,32). The quantitative estimate of drug-likeness (QED) is 0.350. The van der Waals surface area contributed by atoms with E-state index in [1.54, 1.807) is 55.9 Å². The van der Waals surface area contributed by atoms with Gasteiger partial charge in [-0.1, -0.05) is 24.3 Å². The van der Waals surface area contributed by atoms with Crippen molar-refractivity contribution in [1.29, 1.82) is 0 Å². The molecule has 1 aliphatic heterocycles. The van der Waals surface area contributed by atoms with Crippen LogP contribution in [0.15, 0.2) is 70.5 Å². The fraction of sp³-hybridized carbons (Fsp3) is 0.333. The first-order valence-electron chi connectivity index (χ1n) is 12.5. The zero-order valence-corrected chi connectivity index (χ0v) is 24.8. The Bertz CT molecular complexity index is 1630. The summed E-state index contributed by atoms with van der Waals surface area (Å²) < 4.78 is 62.5. The van der Waals surface area contributed by atoms with Crippen LogP contribution in [0.4, 0.5) is 11.4 Å². The van der Waals surface area contributed by atoms with Crippen LogP contribution in [0.3, 0.4) is 0 Å². The summed E-state index contributed by atoms with van der Waals surface area (Å²) in [5, 5.41) is 3.35. The zero-order chi connectivity index (χ0) is 29.1. The molecule has 3 aromatic carbocycles. The number of carbonyl (C=O) groups is 2. The van der Waals surface area contributed by atoms with Gasteiger partial charge in [0.15, 0.2) is 0 Å². The molecule has 0 radical (unpaired) electrons. The Labute approximate surface area is 238 Å². The number of sulfonamides is 2. The molecule has 40 heavy (non-hydrogen) atoms. The van der Waals surface area contributed by atoms with Gasteiger partial charge < -0.3 is 10.1 Å². The summed E-state index contributed by atoms with van der Waals surface area (Å²) in [6.07, 6.45) is 0. The molecule has 10 nitrogen and oxygen atoms in total. The molecule has 214 valence electrons. The molecule has 1 amide bonds. The van der Waals surface area contributed by atoms with Crippen molar-refractivity contribution in [3.05, 3.63) is 60.7 Å². The third kappa shape index (κ3) is 6.60. The Hall–Kier alpha value is -3.13. The number of nitrogens with zero attached hydrogens (tertiary/aromatic N) is 1. The largest absolute Gasteiger partial charge is 0.465 e. The molecule has 0 aliphatic carbocycles. The Morgan fingerprint density at radius 3 is 2.02 bits per heavy atom. The van der Waals surface area contributed by atoms with Crippen molar-refractivity contribution >= 4 is 65.8 Å². The van der Waals surface area contributed by atoms with Gasteiger partial charge in [-0.25, -0.2) is 16.8 Å². The average Bonchev–Trinajstić information content (AvgIpc) is 2.92. The van der Waals surface area contributed by atoms with Gasteiger partial charge in [-0.05, 0) is 50.2 Å². The van der Waals surface area contributed by atoms with E-state index in [2.05, 4.69) is 10.0 Å². The summed E-state index contributed by atoms with van der Waals surface area (Å²) in [6.45, 7) is 5.27. The second-order valence-corrected chi connectivity index (χ2v) is 14.7. The van der Waals surface area contributed by atoms with Gasteiger partial charge in [0.1, 0.15) is 6.61 Å². The molecule has 1 heterocycles. The predicted octanol–water partition coefficient (Wildman–Crippen LogP) is 3.91. The topological polar surface area (TPSA) is 139 Å². The fourth-order valence-electron chi connectivity index (χ4n) is 4.12. The van der Waals surface area contributed by atoms with Crippen LogP contribution < -0.4 is 10.0 Å². The van der Waals surface area contributed by atoms with E-state index in [-0.39, 0.29) is 28.0 Å². The SMILES string of the molecule is CC(=O)OCC(C)(C)C(=O)Nc1ccc(NS(=O)(=O)c2cccc3c(S(=O)(=O)N4CCSCC4)cccc23)cc1. The maximum Gasteiger partial charge on any atom is 0.302 e. The average molecular weight is 606 g/mol. The third-order valence-electron chi connectivity index (χ3n) is 6.37. The highest BCUT2D eigenvalue weighted by Crippen LogP contribution is 2.32. The molecule has 1 aliphatic rings. The number of benzene rings is 3. The smallest absolute Gasteiger partial charge is 0.302 e. The summed E-state index contributed by atoms with van der Waals surface area (Å²) in [6, 6.07) is 15.3. The van der Waals surface area contributed by atoms with Crippen LogP contribution in [0, 0.1) is 5.41 Å². The lowest BCUT2D eigenvalue weighted by molar-refractivity contribution is -0.146. The number of esters is 1. The van der Waals surface area contributed by atoms with Gasteiger partial charge in [0.2, 0.25) is 15.9 Å². The van der Waals surface area contributed by atoms with E-state index in [9.17, 15) is 26.4 Å². The van der Waals surface area contributed by atoms with Gasteiger partial charge in [-0.15, -0.1) is 0 Å². The van der Waals surface area contributed by atoms with Gasteiger partial charge in [0, 0.05) is 53.7 Å². The molecule has 0 spiro atoms. The molecule has 0 unspecified atom stereocenters. The van der Waals surface area contributed by atoms with Crippen LogP contribution in [-0.4, -0.2) is 64.2 Å². The molecule has 0 aromatic heterocycles. The minimum absolute atomic E-state index is 0.0548. The van der Waals surface area contributed by atoms with Crippen molar-refractivity contribution in [1.82, 2.24) is 4.31 Å². The molecular formula is C27H31N3O7S3. The van der Waals surface area contributed by atoms with Gasteiger partial charge >= 0.3 is 5.97 Å². The Kier molecular flexibility index (Phi) is 8.78. The number of fused-ring (bicyclic) bond motifs is 1. The van der Waals surface area contributed by atoms with Gasteiger partial charge in [0.05, 0.1) is 15.2 Å². The van der Waals surface area contributed by atoms with Gasteiger partial charge in [-0.2, -0.15) is 16.1 Å². The first-order valence-corrected chi connectivity index (χ1v) is 16.6. The summed E-state index contributed by atoms with van der Waals surface area (Å²) >= 11 is 1.70. The summed E-state index contributed by atoms with van der Waals surface area (Å²) in [4.78, 5) is 23.7. The van der Waals surface area contributed by atoms with Crippen molar-refractivity contribution in [2.45, 2.75) is 30.6 Å². The van der Waals surface area contributed by atoms with E-state index in [1.807, 2.05) is 0 Å². The number of ether oxygens (including phenoxy) is 1. The van der Waals surface area contributed by atoms with E-state index in [1.165, 1.54) is 41.6 Å². The van der Waals surface area contributed by atoms with Crippen LogP contribution in [0.2, 0.25) is 0 Å². The van der Waals surface area contributed by atoms with Crippen LogP contribution in [0.1, 0.15) is 20.8 Å². The van der Waals surface area contributed by atoms with Crippen LogP contribution in [0.25, 0.3) is 10.8 Å². The zero-order valence-electron chi connectivity index (χ0n) is 22.3. The van der Waals surface area contributed by atoms with Crippen molar-refractivity contribution < 1.29 is 31.2 Å². The van der Waals surface area contributed by atoms with Crippen LogP contribution in [-0.2, 0) is 34.4 Å². The molecule has 3 aromatic rings. The van der Waals surface area contributed by atoms with E-state index >= 15 is 0 Å². The molecule has 0 bridgehead atoms. The second kappa shape index (κ2) is 11.8. The maximum atomic E-state index is 13.4. The Balaban J connectivity index is 1.56. The summed E-state index contributed by atoms with van der Waals surface area (Å²) in [5.41, 5.74) is -0.289. The summed E-state index contributed by atoms with van der Waals surface area (Å²) in [5.74, 6) is 0.569. The first kappa shape index (κ1) is 29.8. The van der Waals surface area contributed by atoms with Crippen molar-refractivity contribution in [2.75, 3.05) is 41.2 Å². The second-order valence-electron chi connectivity index (χ2n) is 9.92. The lowest BCUT2D eigenvalue weighted by atomic mass is 9.93. The number of nitrogens with one attached hydrogen (secondary N) is 2. The first-order chi connectivity index (χ1) is 18.8. The number of hydrogen-bond acceptors (Lipinski definition) is 8. The van der Waals surface area contributed by atoms with Crippen molar-refractivity contribution in [2.24, 2.45) is 5.41 Å². The maximum absolute atomic E-state index is 13.4. The van der Waals surface area contributed by atoms with Crippen molar-refractivity contribution in [3.63, 3.8) is 0 Å². The van der Waals surface area contributed by atoms with Gasteiger partial charge in [-0.3, -0.25) is 14.3 Å². The molecule has 0 atom stereocenters. The lowest BCUT2D eigenvalue weighted by Crippen LogP contribution is -2.37. The number of anilines is 2. The number of thioether (sulfide) groups is 1. The van der Waals surface area contributed by atoms with Gasteiger partial charge in [0.25, 0.3) is 10.0 Å². The van der Waals surface area contributed by atoms with E-state index in [4.69, 9.17) is 4.74 Å². The number of amides is 1. The third-order valence-corrected chi connectivity index (χ3v) is 10.7. The molecule has 1 saturated heterocycles. The molecule has 0 saturated carbocycles. The monoisotopic (exact) mass is 605 g/mol. The fourth-order valence-corrected chi connectivity index (χ4v) is 8.18. The van der Waals surface area contributed by atoms with Crippen LogP contribution in [0.5, 0.6) is 0 Å². The Morgan fingerprint density at radius 2 is 1.43 bits per heavy atom. The molecule has 4 rings (SSSR count). The van der Waals surface area contributed by atoms with E-state index in [0.29, 0.717) is 41.1 Å². The number of carbonyl (C=O) groups excluding carboxylic acids is 2. The summed E-state index contributed by atoms with van der Waals surface area (Å²) in [7, 11) is -7.90. The molecule has 2 N–H and O–H groups in total. The minimum atomic E-state index is -4.10. The highest BCUT2D eigenvalue weighted by atomic mass is 32.2. The van der Waals surface area contributed by atoms with E-state index < -0.39 is 31.4 Å².